The van der Waals surface area contributed by atoms with Gasteiger partial charge in [0, 0.05) is 23.6 Å². The molecule has 1 heterocycles. The molecule has 0 bridgehead atoms. The predicted octanol–water partition coefficient (Wildman–Crippen LogP) is 4.20. The van der Waals surface area contributed by atoms with Crippen molar-refractivity contribution in [3.8, 4) is 5.75 Å². The number of fused-ring (bicyclic) bond motifs is 1. The van der Waals surface area contributed by atoms with Crippen LogP contribution in [0.15, 0.2) is 36.4 Å². The highest BCUT2D eigenvalue weighted by Gasteiger charge is 2.35. The Morgan fingerprint density at radius 3 is 2.39 bits per heavy atom. The third-order valence-corrected chi connectivity index (χ3v) is 5.21. The molecule has 8 nitrogen and oxygen atoms in total. The lowest BCUT2D eigenvalue weighted by atomic mass is 9.95. The van der Waals surface area contributed by atoms with E-state index in [9.17, 15) is 19.7 Å². The van der Waals surface area contributed by atoms with E-state index < -0.39 is 22.3 Å². The maximum Gasteiger partial charge on any atom is 0.282 e. The molecule has 3 rings (SSSR count). The molecule has 1 aliphatic heterocycles. The second-order valence-corrected chi connectivity index (χ2v) is 9.28. The molecule has 2 aromatic carbocycles. The number of nitro groups is 1. The fraction of sp³-hybridized carbons (Fsp3) is 0.391. The molecule has 0 fully saturated rings. The van der Waals surface area contributed by atoms with E-state index in [1.54, 1.807) is 39.0 Å². The number of rotatable bonds is 3. The van der Waals surface area contributed by atoms with E-state index in [-0.39, 0.29) is 16.9 Å². The van der Waals surface area contributed by atoms with E-state index in [2.05, 4.69) is 5.43 Å². The van der Waals surface area contributed by atoms with Crippen molar-refractivity contribution in [1.82, 2.24) is 10.4 Å². The fourth-order valence-electron chi connectivity index (χ4n) is 3.67. The van der Waals surface area contributed by atoms with Crippen LogP contribution in [-0.2, 0) is 6.42 Å². The topological polar surface area (TPSA) is 102 Å². The van der Waals surface area contributed by atoms with Crippen LogP contribution in [0.2, 0.25) is 0 Å². The van der Waals surface area contributed by atoms with Gasteiger partial charge in [-0.2, -0.15) is 0 Å². The minimum Gasteiger partial charge on any atom is -0.487 e. The maximum absolute atomic E-state index is 13.2. The van der Waals surface area contributed by atoms with Crippen molar-refractivity contribution in [3.05, 3.63) is 68.8 Å². The first-order valence-corrected chi connectivity index (χ1v) is 10.0. The molecule has 0 atom stereocenters. The van der Waals surface area contributed by atoms with Crippen molar-refractivity contribution < 1.29 is 19.2 Å². The van der Waals surface area contributed by atoms with E-state index in [0.717, 1.165) is 21.9 Å². The smallest absolute Gasteiger partial charge is 0.282 e. The van der Waals surface area contributed by atoms with E-state index in [1.165, 1.54) is 18.2 Å². The molecule has 8 heteroatoms. The number of nitro benzene ring substituents is 1. The molecule has 0 saturated heterocycles. The normalized spacial score (nSPS) is 14.4. The summed E-state index contributed by atoms with van der Waals surface area (Å²) in [5.74, 6) is -0.369. The third kappa shape index (κ3) is 4.38. The summed E-state index contributed by atoms with van der Waals surface area (Å²) >= 11 is 0. The second kappa shape index (κ2) is 7.68. The second-order valence-electron chi connectivity index (χ2n) is 9.28. The number of hydrogen-bond acceptors (Lipinski definition) is 5. The van der Waals surface area contributed by atoms with Crippen molar-refractivity contribution in [1.29, 1.82) is 0 Å². The number of nitrogens with zero attached hydrogens (tertiary/aromatic N) is 2. The zero-order chi connectivity index (χ0) is 23.1. The van der Waals surface area contributed by atoms with Gasteiger partial charge in [-0.1, -0.05) is 12.1 Å². The number of para-hydroxylation sites is 1. The lowest BCUT2D eigenvalue weighted by molar-refractivity contribution is -0.385. The Morgan fingerprint density at radius 1 is 1.13 bits per heavy atom. The van der Waals surface area contributed by atoms with Crippen LogP contribution in [0.3, 0.4) is 0 Å². The van der Waals surface area contributed by atoms with E-state index in [4.69, 9.17) is 4.74 Å². The molecule has 0 unspecified atom stereocenters. The monoisotopic (exact) mass is 425 g/mol. The Kier molecular flexibility index (Phi) is 5.52. The largest absolute Gasteiger partial charge is 0.487 e. The van der Waals surface area contributed by atoms with Gasteiger partial charge in [0.15, 0.2) is 0 Å². The molecule has 0 aromatic heterocycles. The Labute approximate surface area is 181 Å². The van der Waals surface area contributed by atoms with Gasteiger partial charge in [-0.25, -0.2) is 5.01 Å². The lowest BCUT2D eigenvalue weighted by Gasteiger charge is -2.35. The molecule has 164 valence electrons. The molecule has 31 heavy (non-hydrogen) atoms. The van der Waals surface area contributed by atoms with E-state index in [0.29, 0.717) is 12.0 Å². The number of carbonyl (C=O) groups excluding carboxylic acids is 2. The highest BCUT2D eigenvalue weighted by molar-refractivity contribution is 6.02. The first-order chi connectivity index (χ1) is 14.3. The molecular formula is C23H27N3O5. The molecule has 1 N–H and O–H groups in total. The molecule has 0 aliphatic carbocycles. The Bertz CT molecular complexity index is 1070. The summed E-state index contributed by atoms with van der Waals surface area (Å²) in [6.07, 6.45) is 0.674. The molecule has 2 amide bonds. The van der Waals surface area contributed by atoms with Crippen molar-refractivity contribution in [3.63, 3.8) is 0 Å². The van der Waals surface area contributed by atoms with Crippen LogP contribution in [0.25, 0.3) is 0 Å². The molecule has 0 saturated carbocycles. The van der Waals surface area contributed by atoms with Gasteiger partial charge in [0.25, 0.3) is 17.5 Å². The molecular weight excluding hydrogens is 398 g/mol. The Balaban J connectivity index is 1.95. The predicted molar refractivity (Wildman–Crippen MR) is 116 cm³/mol. The van der Waals surface area contributed by atoms with Gasteiger partial charge < -0.3 is 4.74 Å². The van der Waals surface area contributed by atoms with Crippen LogP contribution in [0.5, 0.6) is 5.75 Å². The standard InChI is InChI=1S/C23H27N3O5/c1-14-15(11-12-19-17(14)13-23(5,6)31-19)20(27)24-25(22(2,3)4)21(28)16-9-7-8-10-18(16)26(29)30/h7-12H,13H2,1-6H3,(H,24,27). The molecule has 0 radical (unpaired) electrons. The van der Waals surface area contributed by atoms with Gasteiger partial charge in [-0.3, -0.25) is 25.1 Å². The SMILES string of the molecule is Cc1c(C(=O)NN(C(=O)c2ccccc2[N+](=O)[O-])C(C)(C)C)ccc2c1CC(C)(C)O2. The van der Waals surface area contributed by atoms with Gasteiger partial charge >= 0.3 is 0 Å². The summed E-state index contributed by atoms with van der Waals surface area (Å²) in [6, 6.07) is 9.12. The quantitative estimate of drug-likeness (QED) is 0.586. The van der Waals surface area contributed by atoms with Crippen molar-refractivity contribution in [2.75, 3.05) is 0 Å². The van der Waals surface area contributed by atoms with E-state index >= 15 is 0 Å². The Morgan fingerprint density at radius 2 is 1.77 bits per heavy atom. The summed E-state index contributed by atoms with van der Waals surface area (Å²) < 4.78 is 5.92. The van der Waals surface area contributed by atoms with Gasteiger partial charge in [-0.15, -0.1) is 0 Å². The van der Waals surface area contributed by atoms with Crippen LogP contribution in [0.1, 0.15) is 66.5 Å². The van der Waals surface area contributed by atoms with E-state index in [1.807, 2.05) is 20.8 Å². The number of hydrogen-bond donors (Lipinski definition) is 1. The van der Waals surface area contributed by atoms with Crippen LogP contribution in [-0.4, -0.2) is 32.9 Å². The van der Waals surface area contributed by atoms with Crippen LogP contribution in [0, 0.1) is 17.0 Å². The minimum absolute atomic E-state index is 0.0939. The average Bonchev–Trinajstić information content (AvgIpc) is 2.99. The molecule has 2 aromatic rings. The van der Waals surface area contributed by atoms with Gasteiger partial charge in [0.1, 0.15) is 16.9 Å². The zero-order valence-electron chi connectivity index (χ0n) is 18.6. The van der Waals surface area contributed by atoms with Gasteiger partial charge in [-0.05, 0) is 65.3 Å². The molecule has 1 aliphatic rings. The number of ether oxygens (including phenoxy) is 1. The van der Waals surface area contributed by atoms with Crippen LogP contribution in [0.4, 0.5) is 5.69 Å². The highest BCUT2D eigenvalue weighted by atomic mass is 16.6. The number of amides is 2. The Hall–Kier alpha value is -3.42. The third-order valence-electron chi connectivity index (χ3n) is 5.21. The van der Waals surface area contributed by atoms with Crippen molar-refractivity contribution >= 4 is 17.5 Å². The van der Waals surface area contributed by atoms with Crippen molar-refractivity contribution in [2.45, 2.75) is 59.1 Å². The first-order valence-electron chi connectivity index (χ1n) is 10.0. The number of benzene rings is 2. The lowest BCUT2D eigenvalue weighted by Crippen LogP contribution is -2.56. The average molecular weight is 425 g/mol. The summed E-state index contributed by atoms with van der Waals surface area (Å²) in [5.41, 5.74) is 3.26. The van der Waals surface area contributed by atoms with Crippen molar-refractivity contribution in [2.24, 2.45) is 0 Å². The summed E-state index contributed by atoms with van der Waals surface area (Å²) in [6.45, 7) is 11.0. The summed E-state index contributed by atoms with van der Waals surface area (Å²) in [4.78, 5) is 37.2. The summed E-state index contributed by atoms with van der Waals surface area (Å²) in [5, 5.41) is 12.5. The minimum atomic E-state index is -0.827. The number of hydrazine groups is 1. The zero-order valence-corrected chi connectivity index (χ0v) is 18.6. The van der Waals surface area contributed by atoms with Crippen LogP contribution < -0.4 is 10.2 Å². The molecule has 0 spiro atoms. The van der Waals surface area contributed by atoms with Gasteiger partial charge in [0.2, 0.25) is 0 Å². The summed E-state index contributed by atoms with van der Waals surface area (Å²) in [7, 11) is 0. The maximum atomic E-state index is 13.2. The highest BCUT2D eigenvalue weighted by Crippen LogP contribution is 2.38. The number of carbonyl (C=O) groups is 2. The fourth-order valence-corrected chi connectivity index (χ4v) is 3.67. The number of nitrogens with one attached hydrogen (secondary N) is 1. The first kappa shape index (κ1) is 22.3. The van der Waals surface area contributed by atoms with Crippen LogP contribution >= 0.6 is 0 Å². The van der Waals surface area contributed by atoms with Gasteiger partial charge in [0.05, 0.1) is 10.5 Å².